The molecule has 4 aromatic rings. The summed E-state index contributed by atoms with van der Waals surface area (Å²) in [5.41, 5.74) is 3.50. The van der Waals surface area contributed by atoms with Gasteiger partial charge in [0.15, 0.2) is 11.6 Å². The molecule has 4 aromatic carbocycles. The molecular formula is C30H26O5P+. The maximum atomic E-state index is 11.7. The number of allylic oxidation sites excluding steroid dienone is 2. The lowest BCUT2D eigenvalue weighted by atomic mass is 10.1. The van der Waals surface area contributed by atoms with Gasteiger partial charge in [-0.15, -0.1) is 9.79 Å². The van der Waals surface area contributed by atoms with Gasteiger partial charge in [0.25, 0.3) is 0 Å². The topological polar surface area (TPSA) is 91.7 Å². The van der Waals surface area contributed by atoms with Gasteiger partial charge in [-0.05, 0) is 23.3 Å². The molecule has 0 bridgehead atoms. The first-order valence-corrected chi connectivity index (χ1v) is 12.1. The summed E-state index contributed by atoms with van der Waals surface area (Å²) >= 11 is 0. The molecule has 0 fully saturated rings. The Morgan fingerprint density at radius 3 is 1.03 bits per heavy atom. The lowest BCUT2D eigenvalue weighted by molar-refractivity contribution is 0.103. The smallest absolute Gasteiger partial charge is 0.289 e. The molecule has 0 saturated heterocycles. The standard InChI is InChI=1S/2C15H12O.HO3P/c2*16-15(14-9-5-2-6-10-14)12-11-13-7-3-1-4-8-13;1-4(2)3/h2*1-12H;(H-,1,2,3)/p+1/b2*12-11+;. The normalized spacial score (nSPS) is 10.1. The molecule has 180 valence electrons. The number of hydrogen-bond donors (Lipinski definition) is 2. The van der Waals surface area contributed by atoms with E-state index < -0.39 is 8.25 Å². The fraction of sp³-hybridized carbons (Fsp3) is 0. The Morgan fingerprint density at radius 1 is 0.500 bits per heavy atom. The van der Waals surface area contributed by atoms with Crippen LogP contribution >= 0.6 is 8.25 Å². The van der Waals surface area contributed by atoms with Crippen LogP contribution in [0.5, 0.6) is 0 Å². The van der Waals surface area contributed by atoms with Crippen LogP contribution in [0.15, 0.2) is 133 Å². The van der Waals surface area contributed by atoms with E-state index in [0.29, 0.717) is 0 Å². The highest BCUT2D eigenvalue weighted by atomic mass is 31.1. The number of carbonyl (C=O) groups excluding carboxylic acids is 2. The molecule has 0 heterocycles. The molecule has 0 saturated carbocycles. The number of benzene rings is 4. The van der Waals surface area contributed by atoms with Crippen molar-refractivity contribution in [2.24, 2.45) is 0 Å². The van der Waals surface area contributed by atoms with Gasteiger partial charge in [0.2, 0.25) is 0 Å². The highest BCUT2D eigenvalue weighted by molar-refractivity contribution is 7.30. The molecule has 0 aromatic heterocycles. The molecule has 2 N–H and O–H groups in total. The van der Waals surface area contributed by atoms with Gasteiger partial charge in [0, 0.05) is 15.7 Å². The molecule has 0 aliphatic carbocycles. The second-order valence-electron chi connectivity index (χ2n) is 7.20. The van der Waals surface area contributed by atoms with E-state index in [1.165, 1.54) is 0 Å². The van der Waals surface area contributed by atoms with E-state index >= 15 is 0 Å². The molecular weight excluding hydrogens is 471 g/mol. The molecule has 0 atom stereocenters. The van der Waals surface area contributed by atoms with Crippen molar-refractivity contribution in [1.82, 2.24) is 0 Å². The zero-order valence-corrected chi connectivity index (χ0v) is 20.3. The fourth-order valence-electron chi connectivity index (χ4n) is 2.87. The average molecular weight is 498 g/mol. The second kappa shape index (κ2) is 16.4. The van der Waals surface area contributed by atoms with Gasteiger partial charge in [-0.25, -0.2) is 0 Å². The molecule has 0 aliphatic heterocycles. The predicted octanol–water partition coefficient (Wildman–Crippen LogP) is 6.79. The third-order valence-corrected chi connectivity index (χ3v) is 4.57. The third-order valence-electron chi connectivity index (χ3n) is 4.57. The Hall–Kier alpha value is -4.28. The first-order valence-electron chi connectivity index (χ1n) is 11.0. The molecule has 0 aliphatic rings. The maximum Gasteiger partial charge on any atom is 0.692 e. The van der Waals surface area contributed by atoms with Gasteiger partial charge in [-0.1, -0.05) is 133 Å². The quantitative estimate of drug-likeness (QED) is 0.174. The van der Waals surface area contributed by atoms with E-state index in [2.05, 4.69) is 0 Å². The zero-order chi connectivity index (χ0) is 26.0. The molecule has 36 heavy (non-hydrogen) atoms. The summed E-state index contributed by atoms with van der Waals surface area (Å²) in [5, 5.41) is 0. The van der Waals surface area contributed by atoms with E-state index in [1.807, 2.05) is 133 Å². The van der Waals surface area contributed by atoms with Crippen molar-refractivity contribution in [3.05, 3.63) is 156 Å². The molecule has 0 unspecified atom stereocenters. The van der Waals surface area contributed by atoms with Gasteiger partial charge in [0.05, 0.1) is 0 Å². The third kappa shape index (κ3) is 11.7. The van der Waals surface area contributed by atoms with Gasteiger partial charge < -0.3 is 0 Å². The lowest BCUT2D eigenvalue weighted by Gasteiger charge is -1.94. The van der Waals surface area contributed by atoms with E-state index in [1.54, 1.807) is 12.2 Å². The molecule has 6 heteroatoms. The SMILES string of the molecule is O=C(/C=C/c1ccccc1)c1ccccc1.O=C(/C=C/c1ccccc1)c1ccccc1.O=[P+](O)O. The number of ketones is 2. The zero-order valence-electron chi connectivity index (χ0n) is 19.4. The van der Waals surface area contributed by atoms with E-state index in [4.69, 9.17) is 14.4 Å². The number of carbonyl (C=O) groups is 2. The Balaban J connectivity index is 0.000000221. The van der Waals surface area contributed by atoms with Gasteiger partial charge in [0.1, 0.15) is 0 Å². The van der Waals surface area contributed by atoms with Crippen LogP contribution in [-0.2, 0) is 4.57 Å². The molecule has 5 nitrogen and oxygen atoms in total. The minimum Gasteiger partial charge on any atom is -0.289 e. The first-order chi connectivity index (χ1) is 17.5. The van der Waals surface area contributed by atoms with E-state index in [9.17, 15) is 9.59 Å². The average Bonchev–Trinajstić information content (AvgIpc) is 2.92. The Morgan fingerprint density at radius 2 is 0.750 bits per heavy atom. The number of hydrogen-bond acceptors (Lipinski definition) is 3. The van der Waals surface area contributed by atoms with Crippen molar-refractivity contribution < 1.29 is 23.9 Å². The van der Waals surface area contributed by atoms with Gasteiger partial charge in [-0.3, -0.25) is 9.59 Å². The van der Waals surface area contributed by atoms with Crippen LogP contribution in [0.4, 0.5) is 0 Å². The largest absolute Gasteiger partial charge is 0.692 e. The fourth-order valence-corrected chi connectivity index (χ4v) is 2.87. The molecule has 0 radical (unpaired) electrons. The second-order valence-corrected chi connectivity index (χ2v) is 7.71. The van der Waals surface area contributed by atoms with Crippen molar-refractivity contribution >= 4 is 32.0 Å². The summed E-state index contributed by atoms with van der Waals surface area (Å²) in [5.74, 6) is 0.0638. The molecule has 0 spiro atoms. The predicted molar refractivity (Wildman–Crippen MR) is 145 cm³/mol. The summed E-state index contributed by atoms with van der Waals surface area (Å²) in [4.78, 5) is 37.7. The minimum atomic E-state index is -2.87. The molecule has 0 amide bonds. The van der Waals surface area contributed by atoms with Crippen LogP contribution in [-0.4, -0.2) is 21.4 Å². The summed E-state index contributed by atoms with van der Waals surface area (Å²) in [6.07, 6.45) is 6.86. The van der Waals surface area contributed by atoms with Crippen molar-refractivity contribution in [2.75, 3.05) is 0 Å². The summed E-state index contributed by atoms with van der Waals surface area (Å²) in [6.45, 7) is 0. The van der Waals surface area contributed by atoms with Crippen LogP contribution in [0, 0.1) is 0 Å². The van der Waals surface area contributed by atoms with Crippen molar-refractivity contribution in [1.29, 1.82) is 0 Å². The highest BCUT2D eigenvalue weighted by Crippen LogP contribution is 2.06. The lowest BCUT2D eigenvalue weighted by Crippen LogP contribution is -1.92. The summed E-state index contributed by atoms with van der Waals surface area (Å²) in [7, 11) is -2.87. The van der Waals surface area contributed by atoms with Crippen LogP contribution in [0.25, 0.3) is 12.2 Å². The summed E-state index contributed by atoms with van der Waals surface area (Å²) in [6, 6.07) is 38.1. The van der Waals surface area contributed by atoms with Gasteiger partial charge in [-0.2, -0.15) is 0 Å². The Bertz CT molecular complexity index is 1170. The first kappa shape index (κ1) is 28.0. The molecule has 4 rings (SSSR count). The maximum absolute atomic E-state index is 11.7. The van der Waals surface area contributed by atoms with Gasteiger partial charge >= 0.3 is 8.25 Å². The highest BCUT2D eigenvalue weighted by Gasteiger charge is 1.99. The monoisotopic (exact) mass is 497 g/mol. The van der Waals surface area contributed by atoms with E-state index in [-0.39, 0.29) is 11.6 Å². The van der Waals surface area contributed by atoms with Crippen LogP contribution in [0.1, 0.15) is 31.8 Å². The van der Waals surface area contributed by atoms with Crippen LogP contribution in [0.3, 0.4) is 0 Å². The summed E-state index contributed by atoms with van der Waals surface area (Å²) < 4.78 is 8.70. The minimum absolute atomic E-state index is 0.0319. The van der Waals surface area contributed by atoms with E-state index in [0.717, 1.165) is 22.3 Å². The van der Waals surface area contributed by atoms with Crippen molar-refractivity contribution in [2.45, 2.75) is 0 Å². The number of rotatable bonds is 6. The van der Waals surface area contributed by atoms with Crippen LogP contribution in [0.2, 0.25) is 0 Å². The Labute approximate surface area is 211 Å². The Kier molecular flexibility index (Phi) is 12.7. The van der Waals surface area contributed by atoms with Crippen molar-refractivity contribution in [3.8, 4) is 0 Å². The van der Waals surface area contributed by atoms with Crippen LogP contribution < -0.4 is 0 Å². The van der Waals surface area contributed by atoms with Crippen molar-refractivity contribution in [3.63, 3.8) is 0 Å².